The molecule has 2 heteroatoms. The van der Waals surface area contributed by atoms with Gasteiger partial charge in [0.1, 0.15) is 5.83 Å². The molecule has 0 aromatic carbocycles. The summed E-state index contributed by atoms with van der Waals surface area (Å²) >= 11 is 0. The van der Waals surface area contributed by atoms with E-state index >= 15 is 0 Å². The third-order valence-corrected chi connectivity index (χ3v) is 1.08. The molecule has 0 saturated carbocycles. The largest absolute Gasteiger partial charge is 0.512 e. The monoisotopic (exact) mass is 114 g/mol. The lowest BCUT2D eigenvalue weighted by Crippen LogP contribution is -1.87. The lowest BCUT2D eigenvalue weighted by Gasteiger charge is -2.01. The molecule has 0 aliphatic heterocycles. The molecule has 1 aliphatic carbocycles. The molecule has 0 aromatic heterocycles. The van der Waals surface area contributed by atoms with Crippen molar-refractivity contribution in [2.75, 3.05) is 0 Å². The molecule has 0 atom stereocenters. The van der Waals surface area contributed by atoms with Gasteiger partial charge in [-0.25, -0.2) is 4.39 Å². The van der Waals surface area contributed by atoms with Crippen molar-refractivity contribution in [1.29, 1.82) is 0 Å². The smallest absolute Gasteiger partial charge is 0.100 e. The van der Waals surface area contributed by atoms with E-state index in [1.807, 2.05) is 0 Å². The number of halogens is 1. The second kappa shape index (κ2) is 1.99. The van der Waals surface area contributed by atoms with Crippen LogP contribution in [0, 0.1) is 0 Å². The maximum atomic E-state index is 12.1. The summed E-state index contributed by atoms with van der Waals surface area (Å²) in [6.45, 7) is 0. The summed E-state index contributed by atoms with van der Waals surface area (Å²) < 4.78 is 12.1. The van der Waals surface area contributed by atoms with E-state index in [4.69, 9.17) is 5.11 Å². The van der Waals surface area contributed by atoms with Crippen LogP contribution in [0.15, 0.2) is 23.7 Å². The molecule has 0 fully saturated rings. The number of aliphatic hydroxyl groups is 1. The molecule has 1 rings (SSSR count). The predicted octanol–water partition coefficient (Wildman–Crippen LogP) is 2.08. The van der Waals surface area contributed by atoms with E-state index in [-0.39, 0.29) is 11.6 Å². The zero-order chi connectivity index (χ0) is 5.98. The van der Waals surface area contributed by atoms with Gasteiger partial charge in [-0.1, -0.05) is 0 Å². The van der Waals surface area contributed by atoms with Crippen LogP contribution in [0.3, 0.4) is 0 Å². The van der Waals surface area contributed by atoms with E-state index < -0.39 is 0 Å². The second-order valence-electron chi connectivity index (χ2n) is 1.77. The van der Waals surface area contributed by atoms with Crippen molar-refractivity contribution in [3.05, 3.63) is 23.7 Å². The van der Waals surface area contributed by atoms with Gasteiger partial charge < -0.3 is 5.11 Å². The predicted molar refractivity (Wildman–Crippen MR) is 29.1 cm³/mol. The average molecular weight is 114 g/mol. The maximum absolute atomic E-state index is 12.1. The number of aliphatic hydroxyl groups excluding tert-OH is 1. The third kappa shape index (κ3) is 1.09. The van der Waals surface area contributed by atoms with Crippen LogP contribution in [0.1, 0.15) is 12.8 Å². The highest BCUT2D eigenvalue weighted by Crippen LogP contribution is 2.16. The van der Waals surface area contributed by atoms with Crippen molar-refractivity contribution in [1.82, 2.24) is 0 Å². The molecule has 0 spiro atoms. The minimum atomic E-state index is -0.150. The molecule has 1 nitrogen and oxygen atoms in total. The van der Waals surface area contributed by atoms with Crippen molar-refractivity contribution < 1.29 is 9.50 Å². The summed E-state index contributed by atoms with van der Waals surface area (Å²) in [5.74, 6) is 0.120. The van der Waals surface area contributed by atoms with E-state index in [1.165, 1.54) is 12.2 Å². The Bertz CT molecular complexity index is 129. The summed E-state index contributed by atoms with van der Waals surface area (Å²) in [6, 6.07) is 0. The Hall–Kier alpha value is -0.790. The van der Waals surface area contributed by atoms with Crippen molar-refractivity contribution in [3.8, 4) is 0 Å². The summed E-state index contributed by atoms with van der Waals surface area (Å²) in [7, 11) is 0. The molecular formula is C6H7FO. The zero-order valence-corrected chi connectivity index (χ0v) is 4.39. The normalized spacial score (nSPS) is 19.6. The van der Waals surface area contributed by atoms with Crippen LogP contribution in [0.5, 0.6) is 0 Å². The fourth-order valence-corrected chi connectivity index (χ4v) is 0.601. The molecule has 0 radical (unpaired) electrons. The first-order valence-electron chi connectivity index (χ1n) is 2.53. The summed E-state index contributed by atoms with van der Waals surface area (Å²) in [5, 5.41) is 8.68. The minimum absolute atomic E-state index is 0.150. The molecule has 0 unspecified atom stereocenters. The molecule has 0 saturated heterocycles. The SMILES string of the molecule is OC1=CC=C(F)CC1. The molecule has 1 aliphatic rings. The van der Waals surface area contributed by atoms with Crippen molar-refractivity contribution in [2.24, 2.45) is 0 Å². The maximum Gasteiger partial charge on any atom is 0.100 e. The molecule has 44 valence electrons. The van der Waals surface area contributed by atoms with E-state index in [0.717, 1.165) is 0 Å². The van der Waals surface area contributed by atoms with Gasteiger partial charge in [-0.15, -0.1) is 0 Å². The lowest BCUT2D eigenvalue weighted by atomic mass is 10.1. The molecule has 8 heavy (non-hydrogen) atoms. The first-order chi connectivity index (χ1) is 3.79. The van der Waals surface area contributed by atoms with Crippen LogP contribution in [0.4, 0.5) is 4.39 Å². The van der Waals surface area contributed by atoms with Crippen molar-refractivity contribution in [2.45, 2.75) is 12.8 Å². The van der Waals surface area contributed by atoms with Gasteiger partial charge in [-0.3, -0.25) is 0 Å². The average Bonchev–Trinajstić information content (AvgIpc) is 1.77. The van der Waals surface area contributed by atoms with Crippen LogP contribution < -0.4 is 0 Å². The highest BCUT2D eigenvalue weighted by molar-refractivity contribution is 5.15. The molecule has 0 bridgehead atoms. The van der Waals surface area contributed by atoms with Gasteiger partial charge >= 0.3 is 0 Å². The second-order valence-corrected chi connectivity index (χ2v) is 1.77. The molecule has 1 N–H and O–H groups in total. The summed E-state index contributed by atoms with van der Waals surface area (Å²) in [5.41, 5.74) is 0. The molecule has 0 amide bonds. The van der Waals surface area contributed by atoms with Crippen LogP contribution >= 0.6 is 0 Å². The van der Waals surface area contributed by atoms with E-state index in [9.17, 15) is 4.39 Å². The number of rotatable bonds is 0. The van der Waals surface area contributed by atoms with Crippen molar-refractivity contribution >= 4 is 0 Å². The highest BCUT2D eigenvalue weighted by atomic mass is 19.1. The first-order valence-corrected chi connectivity index (χ1v) is 2.53. The molecule has 0 heterocycles. The van der Waals surface area contributed by atoms with Gasteiger partial charge in [0.15, 0.2) is 0 Å². The van der Waals surface area contributed by atoms with Crippen LogP contribution in [-0.4, -0.2) is 5.11 Å². The summed E-state index contributed by atoms with van der Waals surface area (Å²) in [4.78, 5) is 0. The summed E-state index contributed by atoms with van der Waals surface area (Å²) in [6.07, 6.45) is 3.47. The minimum Gasteiger partial charge on any atom is -0.512 e. The van der Waals surface area contributed by atoms with E-state index in [2.05, 4.69) is 0 Å². The Kier molecular flexibility index (Phi) is 1.33. The quantitative estimate of drug-likeness (QED) is 0.511. The lowest BCUT2D eigenvalue weighted by molar-refractivity contribution is 0.377. The molecular weight excluding hydrogens is 107 g/mol. The Labute approximate surface area is 47.1 Å². The van der Waals surface area contributed by atoms with Gasteiger partial charge in [0.25, 0.3) is 0 Å². The van der Waals surface area contributed by atoms with Gasteiger partial charge in [0, 0.05) is 12.8 Å². The number of hydrogen-bond donors (Lipinski definition) is 1. The Morgan fingerprint density at radius 3 is 2.50 bits per heavy atom. The number of allylic oxidation sites excluding steroid dienone is 4. The number of hydrogen-bond acceptors (Lipinski definition) is 1. The van der Waals surface area contributed by atoms with Gasteiger partial charge in [0.2, 0.25) is 0 Å². The van der Waals surface area contributed by atoms with Crippen LogP contribution in [0.25, 0.3) is 0 Å². The Balaban J connectivity index is 2.65. The molecule has 0 aromatic rings. The third-order valence-electron chi connectivity index (χ3n) is 1.08. The van der Waals surface area contributed by atoms with Gasteiger partial charge in [-0.05, 0) is 12.2 Å². The fourth-order valence-electron chi connectivity index (χ4n) is 0.601. The van der Waals surface area contributed by atoms with Gasteiger partial charge in [0.05, 0.1) is 5.76 Å². The first kappa shape index (κ1) is 5.35. The Morgan fingerprint density at radius 1 is 1.38 bits per heavy atom. The van der Waals surface area contributed by atoms with Gasteiger partial charge in [-0.2, -0.15) is 0 Å². The van der Waals surface area contributed by atoms with E-state index in [0.29, 0.717) is 12.8 Å². The van der Waals surface area contributed by atoms with Crippen LogP contribution in [0.2, 0.25) is 0 Å². The highest BCUT2D eigenvalue weighted by Gasteiger charge is 2.01. The Morgan fingerprint density at radius 2 is 2.12 bits per heavy atom. The fraction of sp³-hybridized carbons (Fsp3) is 0.333. The van der Waals surface area contributed by atoms with Crippen molar-refractivity contribution in [3.63, 3.8) is 0 Å². The zero-order valence-electron chi connectivity index (χ0n) is 4.39. The standard InChI is InChI=1S/C6H7FO/c7-5-1-3-6(8)4-2-5/h1,3,8H,2,4H2. The van der Waals surface area contributed by atoms with E-state index in [1.54, 1.807) is 0 Å². The topological polar surface area (TPSA) is 20.2 Å². The van der Waals surface area contributed by atoms with Crippen LogP contribution in [-0.2, 0) is 0 Å².